The summed E-state index contributed by atoms with van der Waals surface area (Å²) in [7, 11) is 2.11. The minimum atomic E-state index is 0.285. The first-order valence-corrected chi connectivity index (χ1v) is 6.01. The quantitative estimate of drug-likeness (QED) is 0.652. The molecule has 1 saturated heterocycles. The van der Waals surface area contributed by atoms with Gasteiger partial charge < -0.3 is 9.80 Å². The minimum Gasteiger partial charge on any atom is -0.339 e. The second-order valence-corrected chi connectivity index (χ2v) is 4.47. The Kier molecular flexibility index (Phi) is 4.06. The summed E-state index contributed by atoms with van der Waals surface area (Å²) in [6, 6.07) is 0.500. The average Bonchev–Trinajstić information content (AvgIpc) is 2.10. The Morgan fingerprint density at radius 3 is 2.77 bits per heavy atom. The fourth-order valence-electron chi connectivity index (χ4n) is 1.49. The van der Waals surface area contributed by atoms with Gasteiger partial charge >= 0.3 is 0 Å². The lowest BCUT2D eigenvalue weighted by atomic mass is 10.2. The van der Waals surface area contributed by atoms with Crippen molar-refractivity contribution < 1.29 is 4.79 Å². The number of rotatable bonds is 2. The topological polar surface area (TPSA) is 23.6 Å². The smallest absolute Gasteiger partial charge is 0.232 e. The second-order valence-electron chi connectivity index (χ2n) is 3.60. The molecule has 0 spiro atoms. The fourth-order valence-corrected chi connectivity index (χ4v) is 1.92. The maximum atomic E-state index is 11.5. The van der Waals surface area contributed by atoms with Crippen LogP contribution in [0, 0.1) is 0 Å². The molecule has 0 aliphatic carbocycles. The van der Waals surface area contributed by atoms with Crippen molar-refractivity contribution in [3.05, 3.63) is 0 Å². The van der Waals surface area contributed by atoms with E-state index in [1.54, 1.807) is 11.8 Å². The van der Waals surface area contributed by atoms with Crippen LogP contribution in [0.25, 0.3) is 0 Å². The van der Waals surface area contributed by atoms with Crippen molar-refractivity contribution in [1.29, 1.82) is 0 Å². The van der Waals surface area contributed by atoms with Crippen LogP contribution in [0.3, 0.4) is 0 Å². The number of nitrogens with zero attached hydrogens (tertiary/aromatic N) is 2. The van der Waals surface area contributed by atoms with Crippen molar-refractivity contribution in [3.63, 3.8) is 0 Å². The number of carbonyl (C=O) groups is 1. The third kappa shape index (κ3) is 2.88. The lowest BCUT2D eigenvalue weighted by Crippen LogP contribution is -2.52. The van der Waals surface area contributed by atoms with E-state index in [9.17, 15) is 4.79 Å². The highest BCUT2D eigenvalue weighted by Gasteiger charge is 2.23. The van der Waals surface area contributed by atoms with Gasteiger partial charge in [-0.1, -0.05) is 0 Å². The number of amides is 1. The normalized spacial score (nSPS) is 24.8. The molecular weight excluding hydrogens is 184 g/mol. The summed E-state index contributed by atoms with van der Waals surface area (Å²) in [4.78, 5) is 15.8. The van der Waals surface area contributed by atoms with Gasteiger partial charge in [-0.05, 0) is 20.2 Å². The van der Waals surface area contributed by atoms with Crippen LogP contribution >= 0.6 is 11.8 Å². The first kappa shape index (κ1) is 10.9. The molecule has 0 radical (unpaired) electrons. The van der Waals surface area contributed by atoms with Crippen LogP contribution in [-0.2, 0) is 4.79 Å². The average molecular weight is 202 g/mol. The fraction of sp³-hybridized carbons (Fsp3) is 0.889. The Morgan fingerprint density at radius 1 is 1.54 bits per heavy atom. The molecule has 1 fully saturated rings. The highest BCUT2D eigenvalue weighted by molar-refractivity contribution is 7.99. The number of likely N-dealkylation sites (N-methyl/N-ethyl adjacent to an activating group) is 1. The monoisotopic (exact) mass is 202 g/mol. The molecule has 1 rings (SSSR count). The molecule has 1 amide bonds. The molecule has 3 nitrogen and oxygen atoms in total. The molecule has 0 aromatic rings. The van der Waals surface area contributed by atoms with E-state index >= 15 is 0 Å². The molecule has 1 heterocycles. The van der Waals surface area contributed by atoms with Crippen molar-refractivity contribution in [2.75, 3.05) is 38.7 Å². The summed E-state index contributed by atoms with van der Waals surface area (Å²) in [5.41, 5.74) is 0. The second kappa shape index (κ2) is 4.86. The standard InChI is InChI=1S/C9H18N2OS/c1-8-6-11(5-4-10(8)2)9(12)7-13-3/h8H,4-7H2,1-3H3. The number of carbonyl (C=O) groups excluding carboxylic acids is 1. The van der Waals surface area contributed by atoms with Crippen molar-refractivity contribution in [1.82, 2.24) is 9.80 Å². The van der Waals surface area contributed by atoms with Gasteiger partial charge in [0.25, 0.3) is 0 Å². The number of hydrogen-bond acceptors (Lipinski definition) is 3. The molecule has 0 saturated carbocycles. The zero-order valence-corrected chi connectivity index (χ0v) is 9.43. The molecule has 0 N–H and O–H groups in total. The maximum absolute atomic E-state index is 11.5. The van der Waals surface area contributed by atoms with E-state index in [1.165, 1.54) is 0 Å². The number of piperazine rings is 1. The SMILES string of the molecule is CSCC(=O)N1CCN(C)C(C)C1. The van der Waals surface area contributed by atoms with E-state index in [2.05, 4.69) is 18.9 Å². The minimum absolute atomic E-state index is 0.285. The third-order valence-corrected chi connectivity index (χ3v) is 3.12. The molecule has 0 aromatic heterocycles. The largest absolute Gasteiger partial charge is 0.339 e. The summed E-state index contributed by atoms with van der Waals surface area (Å²) in [6.07, 6.45) is 1.97. The van der Waals surface area contributed by atoms with Crippen molar-refractivity contribution >= 4 is 17.7 Å². The summed E-state index contributed by atoms with van der Waals surface area (Å²) in [5, 5.41) is 0. The summed E-state index contributed by atoms with van der Waals surface area (Å²) < 4.78 is 0. The first-order valence-electron chi connectivity index (χ1n) is 4.62. The summed E-state index contributed by atoms with van der Waals surface area (Å²) in [5.74, 6) is 0.906. The predicted molar refractivity (Wildman–Crippen MR) is 57.1 cm³/mol. The van der Waals surface area contributed by atoms with Gasteiger partial charge in [-0.25, -0.2) is 0 Å². The Morgan fingerprint density at radius 2 is 2.23 bits per heavy atom. The first-order chi connectivity index (χ1) is 6.15. The van der Waals surface area contributed by atoms with Crippen LogP contribution in [0.1, 0.15) is 6.92 Å². The molecule has 1 aliphatic heterocycles. The molecule has 13 heavy (non-hydrogen) atoms. The Labute approximate surface area is 84.5 Å². The van der Waals surface area contributed by atoms with Gasteiger partial charge in [0.2, 0.25) is 5.91 Å². The highest BCUT2D eigenvalue weighted by atomic mass is 32.2. The van der Waals surface area contributed by atoms with E-state index < -0.39 is 0 Å². The predicted octanol–water partition coefficient (Wildman–Crippen LogP) is 0.512. The van der Waals surface area contributed by atoms with Gasteiger partial charge in [0.1, 0.15) is 0 Å². The Balaban J connectivity index is 2.40. The number of hydrogen-bond donors (Lipinski definition) is 0. The lowest BCUT2D eigenvalue weighted by molar-refractivity contribution is -0.130. The van der Waals surface area contributed by atoms with Crippen molar-refractivity contribution in [3.8, 4) is 0 Å². The van der Waals surface area contributed by atoms with E-state index in [0.29, 0.717) is 11.8 Å². The molecular formula is C9H18N2OS. The third-order valence-electron chi connectivity index (χ3n) is 2.58. The molecule has 4 heteroatoms. The van der Waals surface area contributed by atoms with E-state index in [1.807, 2.05) is 11.2 Å². The van der Waals surface area contributed by atoms with E-state index in [0.717, 1.165) is 19.6 Å². The molecule has 76 valence electrons. The van der Waals surface area contributed by atoms with Gasteiger partial charge in [-0.15, -0.1) is 0 Å². The highest BCUT2D eigenvalue weighted by Crippen LogP contribution is 2.08. The van der Waals surface area contributed by atoms with Crippen LogP contribution in [-0.4, -0.2) is 60.4 Å². The molecule has 1 atom stereocenters. The molecule has 1 unspecified atom stereocenters. The molecule has 1 aliphatic rings. The van der Waals surface area contributed by atoms with E-state index in [4.69, 9.17) is 0 Å². The van der Waals surface area contributed by atoms with Gasteiger partial charge in [-0.3, -0.25) is 4.79 Å². The van der Waals surface area contributed by atoms with Crippen LogP contribution in [0.15, 0.2) is 0 Å². The van der Waals surface area contributed by atoms with Gasteiger partial charge in [0, 0.05) is 25.7 Å². The summed E-state index contributed by atoms with van der Waals surface area (Å²) in [6.45, 7) is 4.94. The molecule has 0 aromatic carbocycles. The zero-order chi connectivity index (χ0) is 9.84. The molecule has 0 bridgehead atoms. The van der Waals surface area contributed by atoms with Crippen LogP contribution in [0.4, 0.5) is 0 Å². The van der Waals surface area contributed by atoms with E-state index in [-0.39, 0.29) is 5.91 Å². The summed E-state index contributed by atoms with van der Waals surface area (Å²) >= 11 is 1.60. The zero-order valence-electron chi connectivity index (χ0n) is 8.62. The Hall–Kier alpha value is -0.220. The van der Waals surface area contributed by atoms with Gasteiger partial charge in [0.15, 0.2) is 0 Å². The van der Waals surface area contributed by atoms with Crippen molar-refractivity contribution in [2.45, 2.75) is 13.0 Å². The van der Waals surface area contributed by atoms with Crippen molar-refractivity contribution in [2.24, 2.45) is 0 Å². The number of thioether (sulfide) groups is 1. The maximum Gasteiger partial charge on any atom is 0.232 e. The van der Waals surface area contributed by atoms with Crippen LogP contribution in [0.5, 0.6) is 0 Å². The van der Waals surface area contributed by atoms with Crippen LogP contribution in [0.2, 0.25) is 0 Å². The van der Waals surface area contributed by atoms with Gasteiger partial charge in [0.05, 0.1) is 5.75 Å². The van der Waals surface area contributed by atoms with Crippen LogP contribution < -0.4 is 0 Å². The Bertz CT molecular complexity index is 186. The lowest BCUT2D eigenvalue weighted by Gasteiger charge is -2.37. The van der Waals surface area contributed by atoms with Gasteiger partial charge in [-0.2, -0.15) is 11.8 Å².